The lowest BCUT2D eigenvalue weighted by Gasteiger charge is -2.20. The molecule has 0 aliphatic rings. The Bertz CT molecular complexity index is 5800. The zero-order valence-electron chi connectivity index (χ0n) is 60.2. The summed E-state index contributed by atoms with van der Waals surface area (Å²) in [6, 6.07) is 46.6. The molecule has 0 aliphatic heterocycles. The minimum Gasteiger partial charge on any atom is -0.493 e. The number of methoxy groups -OCH3 is 3. The van der Waals surface area contributed by atoms with Gasteiger partial charge in [-0.25, -0.2) is 49.0 Å². The van der Waals surface area contributed by atoms with Crippen LogP contribution < -0.4 is 50.4 Å². The molecule has 554 valence electrons. The van der Waals surface area contributed by atoms with Gasteiger partial charge in [0.05, 0.1) is 128 Å². The minimum atomic E-state index is -3.50. The van der Waals surface area contributed by atoms with Gasteiger partial charge < -0.3 is 43.3 Å². The van der Waals surface area contributed by atoms with Crippen molar-refractivity contribution >= 4 is 68.4 Å². The molecular weight excluding hydrogens is 1420 g/mol. The maximum atomic E-state index is 14.4. The van der Waals surface area contributed by atoms with E-state index in [9.17, 15) is 49.3 Å². The molecule has 0 fully saturated rings. The van der Waals surface area contributed by atoms with Gasteiger partial charge in [0.1, 0.15) is 41.0 Å². The number of aromatic nitrogens is 8. The van der Waals surface area contributed by atoms with Crippen LogP contribution in [0.5, 0.6) is 34.5 Å². The van der Waals surface area contributed by atoms with Crippen molar-refractivity contribution in [3.8, 4) is 63.0 Å². The van der Waals surface area contributed by atoms with Crippen molar-refractivity contribution < 1.29 is 58.1 Å². The molecule has 0 spiro atoms. The summed E-state index contributed by atoms with van der Waals surface area (Å²) < 4.78 is 128. The Hall–Kier alpha value is -11.5. The first-order valence-corrected chi connectivity index (χ1v) is 39.6. The van der Waals surface area contributed by atoms with E-state index in [1.54, 1.807) is 140 Å². The van der Waals surface area contributed by atoms with E-state index in [4.69, 9.17) is 28.4 Å². The first-order chi connectivity index (χ1) is 50.6. The number of aromatic amines is 2. The third-order valence-electron chi connectivity index (χ3n) is 17.3. The molecule has 12 aromatic rings. The van der Waals surface area contributed by atoms with Gasteiger partial charge in [-0.15, -0.1) is 0 Å². The van der Waals surface area contributed by atoms with Gasteiger partial charge in [-0.05, 0) is 134 Å². The van der Waals surface area contributed by atoms with Gasteiger partial charge in [-0.3, -0.25) is 23.3 Å². The number of halogens is 1. The van der Waals surface area contributed by atoms with Gasteiger partial charge in [0, 0.05) is 56.4 Å². The smallest absolute Gasteiger partial charge is 0.330 e. The number of imidazole rings is 3. The number of nitrogens with zero attached hydrogens (tertiary/aromatic N) is 8. The van der Waals surface area contributed by atoms with Crippen molar-refractivity contribution in [3.05, 3.63) is 241 Å². The van der Waals surface area contributed by atoms with Crippen LogP contribution in [-0.2, 0) is 36.1 Å². The van der Waals surface area contributed by atoms with Crippen LogP contribution in [0.4, 0.5) is 10.2 Å². The molecule has 4 aromatic heterocycles. The summed E-state index contributed by atoms with van der Waals surface area (Å²) in [5, 5.41) is 9.46. The quantitative estimate of drug-likeness (QED) is 0.0509. The van der Waals surface area contributed by atoms with Crippen LogP contribution in [0.1, 0.15) is 66.7 Å². The SMILES string of the molecule is CCOc1cc([C@H](CS(C)(=O)=O)n2c(=O)[nH]c3cc(-c4ccccc4C#N)ccc32)ccc1OC.CCOc1cc([C@H](CS(C)(=O)=O)n2c(=O)[nH]c3cc(-c4nccnc4N(C)C)ccc32)ccc1OC.CCOc1cc([C@H](CS(C)(=O)=O)n2c(=O)n(Cc3ccccc3F)c3ccccc32)ccc1OC. The molecule has 0 radical (unpaired) electrons. The molecule has 25 nitrogen and oxygen atoms in total. The van der Waals surface area contributed by atoms with E-state index in [2.05, 4.69) is 26.0 Å². The maximum Gasteiger partial charge on any atom is 0.330 e. The van der Waals surface area contributed by atoms with Crippen molar-refractivity contribution in [2.24, 2.45) is 0 Å². The van der Waals surface area contributed by atoms with Gasteiger partial charge in [-0.1, -0.05) is 78.9 Å². The van der Waals surface area contributed by atoms with E-state index in [1.165, 1.54) is 45.7 Å². The first-order valence-electron chi connectivity index (χ1n) is 33.5. The summed E-state index contributed by atoms with van der Waals surface area (Å²) in [5.74, 6) is 2.35. The average molecular weight is 1500 g/mol. The fraction of sp³-hybridized carbons (Fsp3) is 0.273. The molecule has 0 saturated heterocycles. The Morgan fingerprint density at radius 2 is 0.925 bits per heavy atom. The van der Waals surface area contributed by atoms with E-state index in [0.717, 1.165) is 35.5 Å². The Labute approximate surface area is 612 Å². The number of hydrogen-bond acceptors (Lipinski definition) is 19. The standard InChI is InChI=1S/C26H27FN2O5S.C26H25N3O5S.C25H29N5O5S/c1-4-34-25-15-18(13-14-24(25)33-2)23(17-35(3,31)32)29-22-12-8-7-11-21(22)28(26(29)30)16-19-9-5-6-10-20(19)27;1-4-34-25-14-18(10-12-24(25)33-2)23(16-35(3,31)32)29-22-11-9-17(13-21(22)28-26(29)30)20-8-6-5-7-19(20)15-27;1-6-35-22-14-16(8-10-21(22)34-4)20(15-36(5,32)33)30-19-9-7-17(13-18(19)28-25(30)31)23-24(29(2)3)27-12-11-26-23/h5-15,23H,4,16-17H2,1-3H3;5-14,23H,4,16H2,1-3H3,(H,28,30);7-14,20H,6,15H2,1-5H3,(H,28,31)/t2*23-;20-/m000/s1. The second-order valence-electron chi connectivity index (χ2n) is 25.0. The zero-order chi connectivity index (χ0) is 76.4. The molecule has 29 heteroatoms. The van der Waals surface area contributed by atoms with Crippen molar-refractivity contribution in [2.75, 3.05) is 96.2 Å². The average Bonchev–Trinajstić information content (AvgIpc) is 1.61. The minimum absolute atomic E-state index is 0.0113. The topological polar surface area (TPSA) is 313 Å². The van der Waals surface area contributed by atoms with E-state index in [1.807, 2.05) is 70.1 Å². The number of hydrogen-bond donors (Lipinski definition) is 2. The third-order valence-corrected chi connectivity index (χ3v) is 20.0. The lowest BCUT2D eigenvalue weighted by molar-refractivity contribution is 0.310. The third kappa shape index (κ3) is 17.7. The summed E-state index contributed by atoms with van der Waals surface area (Å²) in [6.07, 6.45) is 6.67. The van der Waals surface area contributed by atoms with E-state index in [0.29, 0.717) is 127 Å². The number of para-hydroxylation sites is 2. The number of rotatable bonds is 26. The first kappa shape index (κ1) is 77.1. The number of anilines is 1. The summed E-state index contributed by atoms with van der Waals surface area (Å²) in [7, 11) is -2.09. The van der Waals surface area contributed by atoms with Crippen LogP contribution in [-0.4, -0.2) is 155 Å². The highest BCUT2D eigenvalue weighted by Crippen LogP contribution is 2.38. The molecule has 0 saturated carbocycles. The normalized spacial score (nSPS) is 12.4. The van der Waals surface area contributed by atoms with Gasteiger partial charge in [0.2, 0.25) is 0 Å². The molecule has 8 aromatic carbocycles. The fourth-order valence-electron chi connectivity index (χ4n) is 12.7. The molecule has 12 rings (SSSR count). The van der Waals surface area contributed by atoms with Crippen LogP contribution >= 0.6 is 0 Å². The molecule has 2 N–H and O–H groups in total. The highest BCUT2D eigenvalue weighted by Gasteiger charge is 2.30. The molecule has 3 atom stereocenters. The van der Waals surface area contributed by atoms with Crippen LogP contribution in [0.3, 0.4) is 0 Å². The number of nitriles is 1. The van der Waals surface area contributed by atoms with E-state index >= 15 is 0 Å². The highest BCUT2D eigenvalue weighted by molar-refractivity contribution is 7.91. The van der Waals surface area contributed by atoms with Gasteiger partial charge in [-0.2, -0.15) is 5.26 Å². The van der Waals surface area contributed by atoms with Crippen molar-refractivity contribution in [3.63, 3.8) is 0 Å². The predicted octanol–water partition coefficient (Wildman–Crippen LogP) is 10.8. The lowest BCUT2D eigenvalue weighted by atomic mass is 10.00. The molecular formula is C77H81FN10O15S3. The molecule has 106 heavy (non-hydrogen) atoms. The van der Waals surface area contributed by atoms with Crippen molar-refractivity contribution in [1.82, 2.24) is 38.2 Å². The van der Waals surface area contributed by atoms with E-state index in [-0.39, 0.29) is 23.8 Å². The molecule has 4 heterocycles. The second-order valence-corrected chi connectivity index (χ2v) is 31.6. The van der Waals surface area contributed by atoms with Crippen LogP contribution in [0, 0.1) is 17.1 Å². The van der Waals surface area contributed by atoms with Crippen molar-refractivity contribution in [1.29, 1.82) is 5.26 Å². The Morgan fingerprint density at radius 3 is 1.38 bits per heavy atom. The van der Waals surface area contributed by atoms with Crippen LogP contribution in [0.2, 0.25) is 0 Å². The fourth-order valence-corrected chi connectivity index (χ4v) is 15.4. The number of fused-ring (bicyclic) bond motifs is 3. The van der Waals surface area contributed by atoms with Gasteiger partial charge >= 0.3 is 17.1 Å². The Morgan fingerprint density at radius 1 is 0.500 bits per heavy atom. The molecule has 0 unspecified atom stereocenters. The lowest BCUT2D eigenvalue weighted by Crippen LogP contribution is -2.32. The van der Waals surface area contributed by atoms with Crippen LogP contribution in [0.25, 0.3) is 55.5 Å². The largest absolute Gasteiger partial charge is 0.493 e. The number of sulfone groups is 3. The summed E-state index contributed by atoms with van der Waals surface area (Å²) in [5.41, 5.74) is 7.69. The summed E-state index contributed by atoms with van der Waals surface area (Å²) in [6.45, 7) is 6.73. The summed E-state index contributed by atoms with van der Waals surface area (Å²) in [4.78, 5) is 56.6. The van der Waals surface area contributed by atoms with E-state index < -0.39 is 70.5 Å². The number of nitrogens with one attached hydrogen (secondary N) is 2. The molecule has 0 bridgehead atoms. The number of H-pyrrole nitrogens is 2. The monoisotopic (exact) mass is 1500 g/mol. The molecule has 0 amide bonds. The zero-order valence-corrected chi connectivity index (χ0v) is 62.7. The Kier molecular flexibility index (Phi) is 24.1. The highest BCUT2D eigenvalue weighted by atomic mass is 32.2. The predicted molar refractivity (Wildman–Crippen MR) is 408 cm³/mol. The molecule has 0 aliphatic carbocycles. The number of ether oxygens (including phenoxy) is 6. The maximum absolute atomic E-state index is 14.4. The Balaban J connectivity index is 0.000000170. The number of benzene rings is 8. The van der Waals surface area contributed by atoms with Crippen LogP contribution in [0.15, 0.2) is 191 Å². The van der Waals surface area contributed by atoms with Gasteiger partial charge in [0.25, 0.3) is 0 Å². The summed E-state index contributed by atoms with van der Waals surface area (Å²) >= 11 is 0. The van der Waals surface area contributed by atoms with Crippen molar-refractivity contribution in [2.45, 2.75) is 45.4 Å². The van der Waals surface area contributed by atoms with Gasteiger partial charge in [0.15, 0.2) is 40.3 Å². The second kappa shape index (κ2) is 33.1.